The first-order valence-corrected chi connectivity index (χ1v) is 15.6. The molecule has 11 nitrogen and oxygen atoms in total. The number of carbonyl (C=O) groups excluding carboxylic acids is 1. The highest BCUT2D eigenvalue weighted by molar-refractivity contribution is 5.95. The zero-order valence-electron chi connectivity index (χ0n) is 27.5. The van der Waals surface area contributed by atoms with Gasteiger partial charge in [-0.3, -0.25) is 4.90 Å². The van der Waals surface area contributed by atoms with Gasteiger partial charge in [-0.1, -0.05) is 0 Å². The van der Waals surface area contributed by atoms with E-state index in [-0.39, 0.29) is 29.8 Å². The van der Waals surface area contributed by atoms with Crippen LogP contribution in [0.25, 0.3) is 0 Å². The molecule has 1 aromatic heterocycles. The van der Waals surface area contributed by atoms with Crippen LogP contribution in [-0.2, 0) is 41.1 Å². The smallest absolute Gasteiger partial charge is 0.416 e. The summed E-state index contributed by atoms with van der Waals surface area (Å²) in [6.45, 7) is 2.44. The van der Waals surface area contributed by atoms with Crippen LogP contribution >= 0.6 is 0 Å². The summed E-state index contributed by atoms with van der Waals surface area (Å²) in [6, 6.07) is 0.0833. The topological polar surface area (TPSA) is 131 Å². The normalized spacial score (nSPS) is 15.2. The van der Waals surface area contributed by atoms with Gasteiger partial charge in [0.15, 0.2) is 6.04 Å². The maximum absolute atomic E-state index is 14.0. The first kappa shape index (κ1) is 39.9. The van der Waals surface area contributed by atoms with Crippen LogP contribution in [0.3, 0.4) is 0 Å². The Balaban J connectivity index is 1.85. The number of carboxylic acids is 1. The second-order valence-corrected chi connectivity index (χ2v) is 11.7. The number of ether oxygens (including phenoxy) is 1. The lowest BCUT2D eigenvalue weighted by atomic mass is 10.0. The van der Waals surface area contributed by atoms with Crippen molar-refractivity contribution in [1.29, 1.82) is 0 Å². The van der Waals surface area contributed by atoms with Gasteiger partial charge in [-0.05, 0) is 61.4 Å². The number of anilines is 3. The van der Waals surface area contributed by atoms with Gasteiger partial charge in [-0.15, -0.1) is 0 Å². The number of benzene rings is 2. The van der Waals surface area contributed by atoms with Gasteiger partial charge < -0.3 is 30.1 Å². The van der Waals surface area contributed by atoms with Gasteiger partial charge in [0.2, 0.25) is 5.95 Å². The zero-order chi connectivity index (χ0) is 38.6. The number of halogens is 9. The lowest BCUT2D eigenvalue weighted by Crippen LogP contribution is -2.52. The number of alkyl halides is 9. The molecular formula is C32H33F9N6O5. The number of aliphatic hydroxyl groups excluding tert-OH is 1. The van der Waals surface area contributed by atoms with Crippen LogP contribution in [0.1, 0.15) is 41.7 Å². The van der Waals surface area contributed by atoms with Crippen LogP contribution in [-0.4, -0.2) is 77.2 Å². The van der Waals surface area contributed by atoms with Crippen molar-refractivity contribution >= 4 is 29.3 Å². The summed E-state index contributed by atoms with van der Waals surface area (Å²) < 4.78 is 130. The molecule has 4 rings (SSSR count). The van der Waals surface area contributed by atoms with Gasteiger partial charge in [0, 0.05) is 32.7 Å². The molecule has 3 N–H and O–H groups in total. The molecule has 3 aromatic rings. The van der Waals surface area contributed by atoms with Crippen LogP contribution in [0.15, 0.2) is 48.8 Å². The molecule has 2 amide bonds. The fourth-order valence-electron chi connectivity index (χ4n) is 5.37. The van der Waals surface area contributed by atoms with Crippen molar-refractivity contribution in [3.05, 3.63) is 76.6 Å². The first-order chi connectivity index (χ1) is 24.2. The molecule has 284 valence electrons. The Hall–Kier alpha value is -4.85. The van der Waals surface area contributed by atoms with Crippen LogP contribution in [0.5, 0.6) is 0 Å². The molecule has 20 heteroatoms. The van der Waals surface area contributed by atoms with Crippen molar-refractivity contribution in [2.75, 3.05) is 47.5 Å². The molecule has 2 heterocycles. The molecule has 1 saturated heterocycles. The predicted octanol–water partition coefficient (Wildman–Crippen LogP) is 5.95. The van der Waals surface area contributed by atoms with E-state index in [1.807, 2.05) is 4.90 Å². The lowest BCUT2D eigenvalue weighted by Gasteiger charge is -2.31. The van der Waals surface area contributed by atoms with Crippen LogP contribution in [0, 0.1) is 0 Å². The molecular weight excluding hydrogens is 719 g/mol. The van der Waals surface area contributed by atoms with Crippen LogP contribution in [0.2, 0.25) is 0 Å². The van der Waals surface area contributed by atoms with Gasteiger partial charge in [-0.25, -0.2) is 19.6 Å². The van der Waals surface area contributed by atoms with Crippen molar-refractivity contribution in [1.82, 2.24) is 15.3 Å². The van der Waals surface area contributed by atoms with E-state index in [0.717, 1.165) is 22.8 Å². The number of urea groups is 1. The van der Waals surface area contributed by atoms with E-state index >= 15 is 0 Å². The summed E-state index contributed by atoms with van der Waals surface area (Å²) in [5, 5.41) is 21.4. The molecule has 0 aliphatic carbocycles. The maximum atomic E-state index is 14.0. The zero-order valence-corrected chi connectivity index (χ0v) is 27.5. The number of hydrogen-bond acceptors (Lipinski definition) is 8. The van der Waals surface area contributed by atoms with Crippen molar-refractivity contribution in [3.8, 4) is 0 Å². The summed E-state index contributed by atoms with van der Waals surface area (Å²) in [5.74, 6) is -1.91. The number of rotatable bonds is 11. The first-order valence-electron chi connectivity index (χ1n) is 15.6. The number of aromatic nitrogens is 2. The number of morpholine rings is 1. The number of aliphatic carboxylic acids is 1. The van der Waals surface area contributed by atoms with Gasteiger partial charge >= 0.3 is 30.5 Å². The second-order valence-electron chi connectivity index (χ2n) is 11.7. The number of carboxylic acid groups (broad SMARTS) is 1. The van der Waals surface area contributed by atoms with Crippen LogP contribution in [0.4, 0.5) is 61.6 Å². The minimum absolute atomic E-state index is 0.0677. The van der Waals surface area contributed by atoms with Crippen molar-refractivity contribution in [3.63, 3.8) is 0 Å². The molecule has 52 heavy (non-hydrogen) atoms. The minimum Gasteiger partial charge on any atom is -0.480 e. The molecule has 2 aromatic carbocycles. The Morgan fingerprint density at radius 2 is 1.44 bits per heavy atom. The number of amides is 2. The Bertz CT molecular complexity index is 1680. The van der Waals surface area contributed by atoms with E-state index < -0.39 is 78.0 Å². The molecule has 0 bridgehead atoms. The predicted molar refractivity (Wildman–Crippen MR) is 167 cm³/mol. The van der Waals surface area contributed by atoms with Gasteiger partial charge in [0.25, 0.3) is 0 Å². The third kappa shape index (κ3) is 9.93. The highest BCUT2D eigenvalue weighted by atomic mass is 19.4. The van der Waals surface area contributed by atoms with Gasteiger partial charge in [-0.2, -0.15) is 39.5 Å². The second kappa shape index (κ2) is 15.8. The molecule has 1 aliphatic rings. The Morgan fingerprint density at radius 3 is 1.92 bits per heavy atom. The highest BCUT2D eigenvalue weighted by Crippen LogP contribution is 2.38. The molecule has 0 spiro atoms. The summed E-state index contributed by atoms with van der Waals surface area (Å²) in [6.07, 6.45) is -14.3. The van der Waals surface area contributed by atoms with Crippen molar-refractivity contribution < 1.29 is 64.1 Å². The fourth-order valence-corrected chi connectivity index (χ4v) is 5.37. The van der Waals surface area contributed by atoms with Crippen molar-refractivity contribution in [2.45, 2.75) is 57.6 Å². The van der Waals surface area contributed by atoms with E-state index in [2.05, 4.69) is 15.3 Å². The van der Waals surface area contributed by atoms with Gasteiger partial charge in [0.05, 0.1) is 59.8 Å². The summed E-state index contributed by atoms with van der Waals surface area (Å²) in [5.41, 5.74) is -5.04. The maximum Gasteiger partial charge on any atom is 0.416 e. The molecule has 2 unspecified atom stereocenters. The Labute approximate surface area is 290 Å². The largest absolute Gasteiger partial charge is 0.480 e. The quantitative estimate of drug-likeness (QED) is 0.204. The lowest BCUT2D eigenvalue weighted by molar-refractivity contribution is -0.144. The summed E-state index contributed by atoms with van der Waals surface area (Å²) >= 11 is 0. The monoisotopic (exact) mass is 752 g/mol. The number of aliphatic hydroxyl groups is 1. The third-order valence-corrected chi connectivity index (χ3v) is 7.95. The number of hydrogen-bond donors (Lipinski definition) is 3. The fraction of sp³-hybridized carbons (Fsp3) is 0.438. The molecule has 1 fully saturated rings. The van der Waals surface area contributed by atoms with E-state index in [9.17, 15) is 59.3 Å². The third-order valence-electron chi connectivity index (χ3n) is 7.95. The Morgan fingerprint density at radius 1 is 0.885 bits per heavy atom. The van der Waals surface area contributed by atoms with E-state index in [4.69, 9.17) is 4.74 Å². The standard InChI is InChI=1S/C32H33F9N6O5/c1-3-47(29(51)44-26(18(2)48)27(49)50)25-5-4-21(30(33,34)35)12-20(25)17-46(28-42-14-24(15-43-28)45-6-8-52-9-7-45)16-19-10-22(31(36,37)38)13-23(11-19)32(39,40)41/h4-5,10-15,18,26,48H,3,6-9,16-17H2,1-2H3,(H,44,51)(H,49,50). The van der Waals surface area contributed by atoms with E-state index in [1.165, 1.54) is 19.3 Å². The average Bonchev–Trinajstić information content (AvgIpc) is 3.06. The Kier molecular flexibility index (Phi) is 12.1. The number of nitrogens with zero attached hydrogens (tertiary/aromatic N) is 5. The number of carbonyl (C=O) groups is 2. The molecule has 0 radical (unpaired) electrons. The number of nitrogens with one attached hydrogen (secondary N) is 1. The highest BCUT2D eigenvalue weighted by Gasteiger charge is 2.38. The average molecular weight is 753 g/mol. The van der Waals surface area contributed by atoms with E-state index in [0.29, 0.717) is 56.3 Å². The summed E-state index contributed by atoms with van der Waals surface area (Å²) in [4.78, 5) is 37.2. The minimum atomic E-state index is -5.19. The van der Waals surface area contributed by atoms with Gasteiger partial charge in [0.1, 0.15) is 0 Å². The summed E-state index contributed by atoms with van der Waals surface area (Å²) in [7, 11) is 0. The molecule has 1 aliphatic heterocycles. The molecule has 2 atom stereocenters. The SMILES string of the molecule is CCN(C(=O)NC(C(=O)O)C(C)O)c1ccc(C(F)(F)F)cc1CN(Cc1cc(C(F)(F)F)cc(C(F)(F)F)c1)c1ncc(N2CCOCC2)cn1. The van der Waals surface area contributed by atoms with Crippen molar-refractivity contribution in [2.24, 2.45) is 0 Å². The van der Waals surface area contributed by atoms with Crippen LogP contribution < -0.4 is 20.0 Å². The van der Waals surface area contributed by atoms with E-state index in [1.54, 1.807) is 0 Å². The molecule has 0 saturated carbocycles.